The molecule has 190 valence electrons. The van der Waals surface area contributed by atoms with Crippen LogP contribution in [-0.4, -0.2) is 46.5 Å². The molecule has 13 heteroatoms. The van der Waals surface area contributed by atoms with E-state index in [9.17, 15) is 27.2 Å². The fourth-order valence-corrected chi connectivity index (χ4v) is 4.18. The summed E-state index contributed by atoms with van der Waals surface area (Å²) in [7, 11) is 0. The summed E-state index contributed by atoms with van der Waals surface area (Å²) in [5.74, 6) is -2.37. The Labute approximate surface area is 202 Å². The summed E-state index contributed by atoms with van der Waals surface area (Å²) in [5.41, 5.74) is 3.18. The second-order valence-electron chi connectivity index (χ2n) is 8.63. The van der Waals surface area contributed by atoms with Gasteiger partial charge in [-0.25, -0.2) is 28.8 Å². The van der Waals surface area contributed by atoms with E-state index in [0.717, 1.165) is 29.5 Å². The Morgan fingerprint density at radius 2 is 1.75 bits per heavy atom. The number of rotatable bonds is 5. The van der Waals surface area contributed by atoms with E-state index in [0.29, 0.717) is 39.1 Å². The van der Waals surface area contributed by atoms with Crippen molar-refractivity contribution in [1.82, 2.24) is 15.0 Å². The van der Waals surface area contributed by atoms with Gasteiger partial charge in [-0.2, -0.15) is 13.2 Å². The molecule has 36 heavy (non-hydrogen) atoms. The molecule has 1 saturated heterocycles. The lowest BCUT2D eigenvalue weighted by Crippen LogP contribution is -2.38. The first-order chi connectivity index (χ1) is 17.1. The fourth-order valence-electron chi connectivity index (χ4n) is 4.18. The molecule has 2 aromatic heterocycles. The minimum Gasteiger partial charge on any atom is -0.384 e. The predicted octanol–water partition coefficient (Wildman–Crippen LogP) is 4.14. The summed E-state index contributed by atoms with van der Waals surface area (Å²) in [6, 6.07) is 5.01. The molecule has 0 unspecified atom stereocenters. The van der Waals surface area contributed by atoms with Gasteiger partial charge in [-0.05, 0) is 37.1 Å². The number of anilines is 3. The average molecular weight is 508 g/mol. The van der Waals surface area contributed by atoms with Crippen LogP contribution in [0.3, 0.4) is 0 Å². The highest BCUT2D eigenvalue weighted by molar-refractivity contribution is 5.68. The highest BCUT2D eigenvalue weighted by Gasteiger charge is 2.52. The Bertz CT molecular complexity index is 1290. The number of morpholine rings is 1. The van der Waals surface area contributed by atoms with Gasteiger partial charge in [0.1, 0.15) is 11.4 Å². The second-order valence-corrected chi connectivity index (χ2v) is 8.63. The molecule has 8 nitrogen and oxygen atoms in total. The van der Waals surface area contributed by atoms with Crippen LogP contribution >= 0.6 is 0 Å². The van der Waals surface area contributed by atoms with Crippen LogP contribution in [-0.2, 0) is 16.5 Å². The first-order valence-corrected chi connectivity index (χ1v) is 11.1. The molecule has 5 rings (SSSR count). The van der Waals surface area contributed by atoms with Crippen molar-refractivity contribution in [2.45, 2.75) is 24.6 Å². The molecule has 1 aromatic carbocycles. The van der Waals surface area contributed by atoms with Gasteiger partial charge in [0, 0.05) is 30.9 Å². The predicted molar refractivity (Wildman–Crippen MR) is 119 cm³/mol. The second kappa shape index (κ2) is 8.82. The number of nitrogen functional groups attached to an aromatic ring is 1. The number of hydrogen-bond acceptors (Lipinski definition) is 8. The number of benzene rings is 1. The number of aromatic nitrogens is 3. The Morgan fingerprint density at radius 1 is 1.03 bits per heavy atom. The topological polar surface area (TPSA) is 101 Å². The van der Waals surface area contributed by atoms with Crippen molar-refractivity contribution < 1.29 is 31.9 Å². The highest BCUT2D eigenvalue weighted by atomic mass is 19.4. The number of alkyl halides is 3. The number of nitrogens with zero attached hydrogens (tertiary/aromatic N) is 5. The largest absolute Gasteiger partial charge is 0.417 e. The monoisotopic (exact) mass is 508 g/mol. The van der Waals surface area contributed by atoms with Crippen LogP contribution in [0.2, 0.25) is 0 Å². The van der Waals surface area contributed by atoms with E-state index in [2.05, 4.69) is 15.0 Å². The van der Waals surface area contributed by atoms with E-state index in [1.807, 2.05) is 0 Å². The lowest BCUT2D eigenvalue weighted by molar-refractivity contribution is -0.137. The molecule has 0 bridgehead atoms. The zero-order valence-electron chi connectivity index (χ0n) is 18.8. The van der Waals surface area contributed by atoms with Crippen molar-refractivity contribution in [3.05, 3.63) is 59.4 Å². The number of pyridine rings is 1. The van der Waals surface area contributed by atoms with Crippen molar-refractivity contribution in [1.29, 1.82) is 0 Å². The molecule has 0 amide bonds. The van der Waals surface area contributed by atoms with E-state index in [1.165, 1.54) is 12.1 Å². The summed E-state index contributed by atoms with van der Waals surface area (Å²) in [4.78, 5) is 14.6. The van der Waals surface area contributed by atoms with Crippen molar-refractivity contribution in [3.63, 3.8) is 0 Å². The van der Waals surface area contributed by atoms with Crippen LogP contribution in [0, 0.1) is 11.6 Å². The zero-order chi connectivity index (χ0) is 25.7. The normalized spacial score (nSPS) is 17.2. The van der Waals surface area contributed by atoms with Gasteiger partial charge in [-0.3, -0.25) is 5.21 Å². The van der Waals surface area contributed by atoms with E-state index in [1.54, 1.807) is 4.90 Å². The third-order valence-electron chi connectivity index (χ3n) is 6.27. The van der Waals surface area contributed by atoms with Gasteiger partial charge in [0.05, 0.1) is 35.9 Å². The fraction of sp³-hybridized carbons (Fsp3) is 0.348. The lowest BCUT2D eigenvalue weighted by Gasteiger charge is -2.31. The zero-order valence-corrected chi connectivity index (χ0v) is 18.8. The molecule has 3 heterocycles. The van der Waals surface area contributed by atoms with Crippen LogP contribution in [0.5, 0.6) is 0 Å². The molecule has 0 atom stereocenters. The van der Waals surface area contributed by atoms with Crippen LogP contribution in [0.1, 0.15) is 24.1 Å². The Kier molecular flexibility index (Phi) is 5.91. The maximum absolute atomic E-state index is 13.9. The standard InChI is InChI=1S/C23H21F5N6O2/c24-16-2-1-13(9-17(16)25)34(35)22(3-4-22)19-11-18(31-21(32-19)33-5-7-36-8-6-33)14-12-30-20(29)10-15(14)23(26,27)28/h1-2,9-12,35H,3-8H2,(H2,29,30). The van der Waals surface area contributed by atoms with Crippen molar-refractivity contribution in [3.8, 4) is 11.3 Å². The smallest absolute Gasteiger partial charge is 0.384 e. The van der Waals surface area contributed by atoms with Gasteiger partial charge in [-0.1, -0.05) is 0 Å². The molecule has 0 spiro atoms. The number of hydrogen-bond donors (Lipinski definition) is 2. The number of halogens is 5. The summed E-state index contributed by atoms with van der Waals surface area (Å²) in [6.45, 7) is 1.58. The highest BCUT2D eigenvalue weighted by Crippen LogP contribution is 2.52. The first-order valence-electron chi connectivity index (χ1n) is 11.1. The Balaban J connectivity index is 1.64. The molecule has 3 aromatic rings. The quantitative estimate of drug-likeness (QED) is 0.392. The summed E-state index contributed by atoms with van der Waals surface area (Å²) >= 11 is 0. The van der Waals surface area contributed by atoms with E-state index in [-0.39, 0.29) is 34.4 Å². The molecule has 0 radical (unpaired) electrons. The number of hydroxylamine groups is 1. The van der Waals surface area contributed by atoms with Gasteiger partial charge in [0.2, 0.25) is 5.95 Å². The molecule has 2 aliphatic rings. The number of ether oxygens (including phenoxy) is 1. The molecule has 1 aliphatic heterocycles. The van der Waals surface area contributed by atoms with Gasteiger partial charge in [0.15, 0.2) is 11.6 Å². The van der Waals surface area contributed by atoms with Crippen LogP contribution in [0.15, 0.2) is 36.5 Å². The summed E-state index contributed by atoms with van der Waals surface area (Å²) in [5, 5.41) is 11.8. The molecular formula is C23H21F5N6O2. The van der Waals surface area contributed by atoms with Crippen molar-refractivity contribution in [2.24, 2.45) is 0 Å². The van der Waals surface area contributed by atoms with Crippen LogP contribution in [0.4, 0.5) is 39.4 Å². The first kappa shape index (κ1) is 24.1. The molecule has 3 N–H and O–H groups in total. The minimum absolute atomic E-state index is 0.0235. The van der Waals surface area contributed by atoms with Gasteiger partial charge < -0.3 is 15.4 Å². The van der Waals surface area contributed by atoms with Gasteiger partial charge in [0.25, 0.3) is 0 Å². The van der Waals surface area contributed by atoms with Gasteiger partial charge >= 0.3 is 6.18 Å². The maximum atomic E-state index is 13.9. The van der Waals surface area contributed by atoms with Crippen molar-refractivity contribution >= 4 is 17.5 Å². The molecular weight excluding hydrogens is 487 g/mol. The average Bonchev–Trinajstić information content (AvgIpc) is 3.67. The summed E-state index contributed by atoms with van der Waals surface area (Å²) < 4.78 is 74.3. The molecule has 1 aliphatic carbocycles. The van der Waals surface area contributed by atoms with Crippen LogP contribution < -0.4 is 15.7 Å². The lowest BCUT2D eigenvalue weighted by atomic mass is 10.0. The van der Waals surface area contributed by atoms with E-state index in [4.69, 9.17) is 10.5 Å². The molecule has 2 fully saturated rings. The maximum Gasteiger partial charge on any atom is 0.417 e. The number of nitrogens with two attached hydrogens (primary N) is 1. The van der Waals surface area contributed by atoms with Crippen LogP contribution in [0.25, 0.3) is 11.3 Å². The van der Waals surface area contributed by atoms with Crippen molar-refractivity contribution in [2.75, 3.05) is 42.0 Å². The SMILES string of the molecule is Nc1cc(C(F)(F)F)c(-c2cc(C3(N(O)c4ccc(F)c(F)c4)CC3)nc(N3CCOCC3)n2)cn1. The third-order valence-corrected chi connectivity index (χ3v) is 6.27. The minimum atomic E-state index is -4.73. The molecule has 1 saturated carbocycles. The third kappa shape index (κ3) is 4.39. The Morgan fingerprint density at radius 3 is 2.39 bits per heavy atom. The van der Waals surface area contributed by atoms with E-state index < -0.39 is 28.9 Å². The summed E-state index contributed by atoms with van der Waals surface area (Å²) in [6.07, 6.45) is -3.00. The Hall–Kier alpha value is -3.58. The van der Waals surface area contributed by atoms with Gasteiger partial charge in [-0.15, -0.1) is 0 Å². The van der Waals surface area contributed by atoms with E-state index >= 15 is 0 Å².